The third-order valence-corrected chi connectivity index (χ3v) is 6.31. The van der Waals surface area contributed by atoms with E-state index < -0.39 is 0 Å². The fourth-order valence-corrected chi connectivity index (χ4v) is 4.41. The van der Waals surface area contributed by atoms with E-state index in [4.69, 9.17) is 14.2 Å². The smallest absolute Gasteiger partial charge is 0.324 e. The van der Waals surface area contributed by atoms with Gasteiger partial charge in [-0.2, -0.15) is 10.1 Å². The van der Waals surface area contributed by atoms with Crippen molar-refractivity contribution in [1.29, 1.82) is 0 Å². The van der Waals surface area contributed by atoms with E-state index in [1.807, 2.05) is 24.9 Å². The molecule has 0 aliphatic carbocycles. The van der Waals surface area contributed by atoms with Crippen LogP contribution < -0.4 is 4.90 Å². The number of amides is 1. The van der Waals surface area contributed by atoms with Gasteiger partial charge in [-0.15, -0.1) is 0 Å². The summed E-state index contributed by atoms with van der Waals surface area (Å²) in [5.41, 5.74) is 2.53. The second-order valence-corrected chi connectivity index (χ2v) is 8.61. The Labute approximate surface area is 170 Å². The Bertz CT molecular complexity index is 879. The zero-order valence-electron chi connectivity index (χ0n) is 17.1. The van der Waals surface area contributed by atoms with E-state index in [0.717, 1.165) is 64.5 Å². The molecule has 5 rings (SSSR count). The number of carbonyl (C=O) groups is 1. The molecule has 9 nitrogen and oxygen atoms in total. The molecule has 1 amide bonds. The summed E-state index contributed by atoms with van der Waals surface area (Å²) in [4.78, 5) is 21.0. The molecule has 2 aromatic rings. The van der Waals surface area contributed by atoms with Gasteiger partial charge < -0.3 is 19.1 Å². The summed E-state index contributed by atoms with van der Waals surface area (Å²) in [6, 6.07) is 0.930. The lowest BCUT2D eigenvalue weighted by Gasteiger charge is -2.32. The number of aromatic nitrogens is 4. The highest BCUT2D eigenvalue weighted by atomic mass is 16.5. The van der Waals surface area contributed by atoms with Crippen LogP contribution >= 0.6 is 0 Å². The SMILES string of the molecule is CC(C)C(=O)N1CCC(c2noc(N3CCc4cnn(C5COC5)c4C3)n2)CC1. The normalized spacial score (nSPS) is 20.8. The summed E-state index contributed by atoms with van der Waals surface area (Å²) in [6.07, 6.45) is 4.68. The Kier molecular flexibility index (Phi) is 4.77. The van der Waals surface area contributed by atoms with E-state index in [9.17, 15) is 4.79 Å². The van der Waals surface area contributed by atoms with Crippen LogP contribution in [0.4, 0.5) is 6.01 Å². The Morgan fingerprint density at radius 2 is 2.00 bits per heavy atom. The van der Waals surface area contributed by atoms with Gasteiger partial charge >= 0.3 is 6.01 Å². The number of hydrogen-bond acceptors (Lipinski definition) is 7. The summed E-state index contributed by atoms with van der Waals surface area (Å²) in [5, 5.41) is 8.85. The van der Waals surface area contributed by atoms with Crippen LogP contribution in [0.25, 0.3) is 0 Å². The zero-order valence-corrected chi connectivity index (χ0v) is 17.1. The van der Waals surface area contributed by atoms with E-state index in [1.54, 1.807) is 0 Å². The molecule has 0 atom stereocenters. The Hall–Kier alpha value is -2.42. The van der Waals surface area contributed by atoms with Gasteiger partial charge in [0.05, 0.1) is 37.7 Å². The van der Waals surface area contributed by atoms with Gasteiger partial charge in [0.2, 0.25) is 5.91 Å². The molecular weight excluding hydrogens is 372 g/mol. The molecule has 2 saturated heterocycles. The van der Waals surface area contributed by atoms with Crippen molar-refractivity contribution in [2.75, 3.05) is 37.7 Å². The van der Waals surface area contributed by atoms with E-state index >= 15 is 0 Å². The number of hydrogen-bond donors (Lipinski definition) is 0. The van der Waals surface area contributed by atoms with Crippen LogP contribution in [0.1, 0.15) is 55.7 Å². The molecule has 3 aliphatic heterocycles. The minimum Gasteiger partial charge on any atom is -0.377 e. The number of likely N-dealkylation sites (tertiary alicyclic amines) is 1. The second kappa shape index (κ2) is 7.44. The number of fused-ring (bicyclic) bond motifs is 1. The lowest BCUT2D eigenvalue weighted by atomic mass is 9.95. The van der Waals surface area contributed by atoms with Crippen LogP contribution in [0, 0.1) is 5.92 Å². The number of carbonyl (C=O) groups excluding carboxylic acids is 1. The molecule has 0 N–H and O–H groups in total. The Balaban J connectivity index is 1.24. The first-order chi connectivity index (χ1) is 14.1. The van der Waals surface area contributed by atoms with Gasteiger partial charge in [0.15, 0.2) is 5.82 Å². The third-order valence-electron chi connectivity index (χ3n) is 6.31. The van der Waals surface area contributed by atoms with E-state index in [2.05, 4.69) is 19.8 Å². The summed E-state index contributed by atoms with van der Waals surface area (Å²) in [6.45, 7) is 8.48. The summed E-state index contributed by atoms with van der Waals surface area (Å²) < 4.78 is 13.1. The maximum Gasteiger partial charge on any atom is 0.324 e. The lowest BCUT2D eigenvalue weighted by molar-refractivity contribution is -0.135. The van der Waals surface area contributed by atoms with Gasteiger partial charge in [-0.3, -0.25) is 9.48 Å². The fourth-order valence-electron chi connectivity index (χ4n) is 4.41. The number of nitrogens with zero attached hydrogens (tertiary/aromatic N) is 6. The number of anilines is 1. The van der Waals surface area contributed by atoms with Crippen LogP contribution in [0.15, 0.2) is 10.7 Å². The van der Waals surface area contributed by atoms with Crippen LogP contribution in [-0.2, 0) is 22.5 Å². The van der Waals surface area contributed by atoms with Crippen molar-refractivity contribution in [3.05, 3.63) is 23.3 Å². The topological polar surface area (TPSA) is 89.5 Å². The lowest BCUT2D eigenvalue weighted by Crippen LogP contribution is -2.40. The molecule has 5 heterocycles. The van der Waals surface area contributed by atoms with Crippen molar-refractivity contribution in [1.82, 2.24) is 24.8 Å². The fraction of sp³-hybridized carbons (Fsp3) is 0.700. The van der Waals surface area contributed by atoms with Gasteiger partial charge in [-0.25, -0.2) is 0 Å². The van der Waals surface area contributed by atoms with Crippen molar-refractivity contribution in [3.63, 3.8) is 0 Å². The van der Waals surface area contributed by atoms with Crippen LogP contribution in [0.5, 0.6) is 0 Å². The summed E-state index contributed by atoms with van der Waals surface area (Å²) >= 11 is 0. The van der Waals surface area contributed by atoms with Gasteiger partial charge in [0.25, 0.3) is 0 Å². The predicted octanol–water partition coefficient (Wildman–Crippen LogP) is 1.76. The monoisotopic (exact) mass is 400 g/mol. The van der Waals surface area contributed by atoms with Crippen molar-refractivity contribution in [2.45, 2.75) is 51.6 Å². The van der Waals surface area contributed by atoms with Gasteiger partial charge in [0, 0.05) is 31.5 Å². The predicted molar refractivity (Wildman–Crippen MR) is 105 cm³/mol. The third kappa shape index (κ3) is 3.41. The average molecular weight is 400 g/mol. The summed E-state index contributed by atoms with van der Waals surface area (Å²) in [5.74, 6) is 1.30. The number of piperidine rings is 1. The van der Waals surface area contributed by atoms with E-state index in [1.165, 1.54) is 11.3 Å². The largest absolute Gasteiger partial charge is 0.377 e. The Morgan fingerprint density at radius 1 is 1.21 bits per heavy atom. The van der Waals surface area contributed by atoms with E-state index in [-0.39, 0.29) is 17.7 Å². The van der Waals surface area contributed by atoms with Crippen LogP contribution in [-0.4, -0.2) is 63.6 Å². The van der Waals surface area contributed by atoms with Gasteiger partial charge in [-0.1, -0.05) is 19.0 Å². The molecule has 2 aromatic heterocycles. The molecule has 2 fully saturated rings. The molecule has 0 unspecified atom stereocenters. The molecule has 0 saturated carbocycles. The van der Waals surface area contributed by atoms with Gasteiger partial charge in [-0.05, 0) is 24.8 Å². The minimum atomic E-state index is 0.0484. The highest BCUT2D eigenvalue weighted by Crippen LogP contribution is 2.31. The van der Waals surface area contributed by atoms with Crippen LogP contribution in [0.3, 0.4) is 0 Å². The molecule has 9 heteroatoms. The molecule has 0 bridgehead atoms. The van der Waals surface area contributed by atoms with Crippen LogP contribution in [0.2, 0.25) is 0 Å². The number of ether oxygens (including phenoxy) is 1. The van der Waals surface area contributed by atoms with Crippen molar-refractivity contribution in [2.24, 2.45) is 5.92 Å². The Morgan fingerprint density at radius 3 is 2.69 bits per heavy atom. The number of rotatable bonds is 4. The molecule has 3 aliphatic rings. The molecule has 0 radical (unpaired) electrons. The quantitative estimate of drug-likeness (QED) is 0.772. The standard InChI is InChI=1S/C20H28N6O3/c1-13(2)19(27)24-6-3-14(4-7-24)18-22-20(29-23-18)25-8-5-15-9-21-26(17(15)10-25)16-11-28-12-16/h9,13-14,16H,3-8,10-12H2,1-2H3. The van der Waals surface area contributed by atoms with E-state index in [0.29, 0.717) is 12.1 Å². The first kappa shape index (κ1) is 18.6. The molecular formula is C20H28N6O3. The minimum absolute atomic E-state index is 0.0484. The van der Waals surface area contributed by atoms with Crippen molar-refractivity contribution >= 4 is 11.9 Å². The first-order valence-corrected chi connectivity index (χ1v) is 10.6. The van der Waals surface area contributed by atoms with Gasteiger partial charge in [0.1, 0.15) is 0 Å². The molecule has 0 aromatic carbocycles. The maximum absolute atomic E-state index is 12.2. The second-order valence-electron chi connectivity index (χ2n) is 8.61. The molecule has 0 spiro atoms. The highest BCUT2D eigenvalue weighted by Gasteiger charge is 2.31. The zero-order chi connectivity index (χ0) is 20.0. The van der Waals surface area contributed by atoms with Crippen molar-refractivity contribution in [3.8, 4) is 0 Å². The first-order valence-electron chi connectivity index (χ1n) is 10.6. The highest BCUT2D eigenvalue weighted by molar-refractivity contribution is 5.78. The molecule has 29 heavy (non-hydrogen) atoms. The average Bonchev–Trinajstić information content (AvgIpc) is 3.34. The maximum atomic E-state index is 12.2. The summed E-state index contributed by atoms with van der Waals surface area (Å²) in [7, 11) is 0. The van der Waals surface area contributed by atoms with Crippen molar-refractivity contribution < 1.29 is 14.1 Å². The molecule has 156 valence electrons.